The summed E-state index contributed by atoms with van der Waals surface area (Å²) in [6.07, 6.45) is -1.30. The third-order valence-corrected chi connectivity index (χ3v) is 4.21. The highest BCUT2D eigenvalue weighted by atomic mass is 16.4. The zero-order valence-electron chi connectivity index (χ0n) is 17.7. The van der Waals surface area contributed by atoms with E-state index in [9.17, 15) is 29.1 Å². The summed E-state index contributed by atoms with van der Waals surface area (Å²) in [5.74, 6) is -4.21. The Bertz CT molecular complexity index is 638. The van der Waals surface area contributed by atoms with Crippen molar-refractivity contribution in [2.24, 2.45) is 17.4 Å². The summed E-state index contributed by atoms with van der Waals surface area (Å²) in [7, 11) is 0. The molecule has 30 heavy (non-hydrogen) atoms. The zero-order valence-corrected chi connectivity index (χ0v) is 17.7. The molecule has 172 valence electrons. The van der Waals surface area contributed by atoms with Gasteiger partial charge in [0.15, 0.2) is 0 Å². The molecule has 0 aromatic rings. The molecule has 0 aliphatic rings. The van der Waals surface area contributed by atoms with Gasteiger partial charge in [0.2, 0.25) is 23.6 Å². The van der Waals surface area contributed by atoms with Crippen LogP contribution in [0, 0.1) is 5.92 Å². The Balaban J connectivity index is 5.06. The summed E-state index contributed by atoms with van der Waals surface area (Å²) >= 11 is 0. The Morgan fingerprint density at radius 3 is 1.83 bits per heavy atom. The van der Waals surface area contributed by atoms with Crippen molar-refractivity contribution < 1.29 is 34.2 Å². The first kappa shape index (κ1) is 27.3. The number of hydrogen-bond acceptors (Lipinski definition) is 7. The summed E-state index contributed by atoms with van der Waals surface area (Å²) in [6.45, 7) is 6.34. The molecule has 5 atom stereocenters. The Kier molecular flexibility index (Phi) is 11.6. The molecule has 0 heterocycles. The maximum atomic E-state index is 12.6. The molecule has 0 aromatic carbocycles. The normalized spacial score (nSPS) is 16.0. The lowest BCUT2D eigenvalue weighted by atomic mass is 10.0. The third kappa shape index (κ3) is 10.2. The van der Waals surface area contributed by atoms with Gasteiger partial charge in [-0.05, 0) is 32.6 Å². The first-order valence-corrected chi connectivity index (χ1v) is 9.62. The van der Waals surface area contributed by atoms with Crippen LogP contribution in [0.2, 0.25) is 0 Å². The van der Waals surface area contributed by atoms with Crippen LogP contribution in [0.25, 0.3) is 0 Å². The molecular formula is C18H33N5O7. The number of aliphatic hydroxyl groups is 1. The number of primary amides is 1. The van der Waals surface area contributed by atoms with Crippen molar-refractivity contribution in [1.82, 2.24) is 16.0 Å². The summed E-state index contributed by atoms with van der Waals surface area (Å²) in [6, 6.07) is -4.71. The third-order valence-electron chi connectivity index (χ3n) is 4.21. The SMILES string of the molecule is CC(C)CC(NC(=O)C(N)C(C)O)C(=O)NC(C)C(=O)NC(CCC(N)=O)C(=O)O. The fraction of sp³-hybridized carbons (Fsp3) is 0.722. The van der Waals surface area contributed by atoms with Gasteiger partial charge in [-0.25, -0.2) is 4.79 Å². The number of aliphatic hydroxyl groups excluding tert-OH is 1. The molecule has 0 aromatic heterocycles. The Hall–Kier alpha value is -2.73. The average Bonchev–Trinajstić information content (AvgIpc) is 2.62. The van der Waals surface area contributed by atoms with Crippen molar-refractivity contribution in [3.63, 3.8) is 0 Å². The maximum absolute atomic E-state index is 12.6. The van der Waals surface area contributed by atoms with E-state index in [4.69, 9.17) is 16.6 Å². The number of carbonyl (C=O) groups is 5. The fourth-order valence-electron chi connectivity index (χ4n) is 2.41. The smallest absolute Gasteiger partial charge is 0.326 e. The van der Waals surface area contributed by atoms with Gasteiger partial charge >= 0.3 is 5.97 Å². The highest BCUT2D eigenvalue weighted by molar-refractivity contribution is 5.94. The summed E-state index contributed by atoms with van der Waals surface area (Å²) < 4.78 is 0. The number of amides is 4. The molecule has 0 rings (SSSR count). The largest absolute Gasteiger partial charge is 0.480 e. The van der Waals surface area contributed by atoms with E-state index < -0.39 is 59.9 Å². The van der Waals surface area contributed by atoms with Gasteiger partial charge in [-0.15, -0.1) is 0 Å². The minimum Gasteiger partial charge on any atom is -0.480 e. The molecule has 0 fully saturated rings. The number of rotatable bonds is 13. The number of aliphatic carboxylic acids is 1. The summed E-state index contributed by atoms with van der Waals surface area (Å²) in [5.41, 5.74) is 10.6. The molecule has 0 spiro atoms. The quantitative estimate of drug-likeness (QED) is 0.166. The Morgan fingerprint density at radius 2 is 1.40 bits per heavy atom. The first-order chi connectivity index (χ1) is 13.8. The van der Waals surface area contributed by atoms with E-state index in [0.717, 1.165) is 0 Å². The lowest BCUT2D eigenvalue weighted by molar-refractivity contribution is -0.142. The molecule has 12 nitrogen and oxygen atoms in total. The highest BCUT2D eigenvalue weighted by Gasteiger charge is 2.29. The maximum Gasteiger partial charge on any atom is 0.326 e. The van der Waals surface area contributed by atoms with Crippen LogP contribution in [0.3, 0.4) is 0 Å². The van der Waals surface area contributed by atoms with Crippen LogP contribution in [0.4, 0.5) is 0 Å². The number of nitrogens with one attached hydrogen (secondary N) is 3. The molecule has 0 bridgehead atoms. The summed E-state index contributed by atoms with van der Waals surface area (Å²) in [5, 5.41) is 25.7. The van der Waals surface area contributed by atoms with Crippen LogP contribution in [0.5, 0.6) is 0 Å². The van der Waals surface area contributed by atoms with Crippen LogP contribution in [-0.4, -0.2) is 70.1 Å². The van der Waals surface area contributed by atoms with Crippen molar-refractivity contribution in [1.29, 1.82) is 0 Å². The second-order valence-corrected chi connectivity index (χ2v) is 7.59. The van der Waals surface area contributed by atoms with E-state index in [2.05, 4.69) is 16.0 Å². The van der Waals surface area contributed by atoms with E-state index in [-0.39, 0.29) is 25.2 Å². The Morgan fingerprint density at radius 1 is 0.867 bits per heavy atom. The van der Waals surface area contributed by atoms with Gasteiger partial charge in [-0.1, -0.05) is 13.8 Å². The minimum atomic E-state index is -1.35. The molecule has 12 heteroatoms. The van der Waals surface area contributed by atoms with Crippen LogP contribution >= 0.6 is 0 Å². The molecule has 9 N–H and O–H groups in total. The van der Waals surface area contributed by atoms with Gasteiger partial charge in [0.25, 0.3) is 0 Å². The van der Waals surface area contributed by atoms with Gasteiger partial charge in [0, 0.05) is 6.42 Å². The van der Waals surface area contributed by atoms with E-state index >= 15 is 0 Å². The second-order valence-electron chi connectivity index (χ2n) is 7.59. The molecular weight excluding hydrogens is 398 g/mol. The number of carbonyl (C=O) groups excluding carboxylic acids is 4. The molecule has 0 saturated heterocycles. The predicted molar refractivity (Wildman–Crippen MR) is 107 cm³/mol. The fourth-order valence-corrected chi connectivity index (χ4v) is 2.41. The number of carboxylic acid groups (broad SMARTS) is 1. The van der Waals surface area contributed by atoms with E-state index in [1.807, 2.05) is 13.8 Å². The van der Waals surface area contributed by atoms with Crippen LogP contribution in [0.1, 0.15) is 47.0 Å². The number of carboxylic acids is 1. The topological polar surface area (TPSA) is 214 Å². The van der Waals surface area contributed by atoms with Crippen molar-refractivity contribution in [2.75, 3.05) is 0 Å². The van der Waals surface area contributed by atoms with Crippen LogP contribution in [-0.2, 0) is 24.0 Å². The van der Waals surface area contributed by atoms with E-state index in [1.165, 1.54) is 13.8 Å². The lowest BCUT2D eigenvalue weighted by Crippen LogP contribution is -2.57. The highest BCUT2D eigenvalue weighted by Crippen LogP contribution is 2.07. The van der Waals surface area contributed by atoms with E-state index in [1.54, 1.807) is 0 Å². The number of hydrogen-bond donors (Lipinski definition) is 7. The van der Waals surface area contributed by atoms with Crippen LogP contribution in [0.15, 0.2) is 0 Å². The molecule has 4 amide bonds. The van der Waals surface area contributed by atoms with Crippen LogP contribution < -0.4 is 27.4 Å². The minimum absolute atomic E-state index is 0.0122. The van der Waals surface area contributed by atoms with E-state index in [0.29, 0.717) is 0 Å². The monoisotopic (exact) mass is 431 g/mol. The second kappa shape index (κ2) is 12.8. The predicted octanol–water partition coefficient (Wildman–Crippen LogP) is -2.43. The molecule has 0 aliphatic heterocycles. The van der Waals surface area contributed by atoms with Gasteiger partial charge in [-0.2, -0.15) is 0 Å². The number of nitrogens with two attached hydrogens (primary N) is 2. The van der Waals surface area contributed by atoms with Crippen molar-refractivity contribution in [3.05, 3.63) is 0 Å². The zero-order chi connectivity index (χ0) is 23.6. The van der Waals surface area contributed by atoms with Gasteiger partial charge in [0.1, 0.15) is 24.2 Å². The van der Waals surface area contributed by atoms with Gasteiger partial charge in [0.05, 0.1) is 6.10 Å². The van der Waals surface area contributed by atoms with Crippen molar-refractivity contribution in [2.45, 2.75) is 77.2 Å². The molecule has 0 saturated carbocycles. The first-order valence-electron chi connectivity index (χ1n) is 9.62. The van der Waals surface area contributed by atoms with Gasteiger partial charge in [-0.3, -0.25) is 19.2 Å². The standard InChI is InChI=1S/C18H33N5O7/c1-8(2)7-12(23-17(28)14(20)10(4)24)16(27)21-9(3)15(26)22-11(18(29)30)5-6-13(19)25/h8-12,14,24H,5-7,20H2,1-4H3,(H2,19,25)(H,21,27)(H,22,26)(H,23,28)(H,29,30). The van der Waals surface area contributed by atoms with Crippen molar-refractivity contribution in [3.8, 4) is 0 Å². The van der Waals surface area contributed by atoms with Gasteiger partial charge < -0.3 is 37.6 Å². The molecule has 5 unspecified atom stereocenters. The Labute approximate surface area is 175 Å². The lowest BCUT2D eigenvalue weighted by Gasteiger charge is -2.25. The molecule has 0 radical (unpaired) electrons. The average molecular weight is 431 g/mol. The molecule has 0 aliphatic carbocycles. The van der Waals surface area contributed by atoms with Crippen molar-refractivity contribution >= 4 is 29.6 Å². The summed E-state index contributed by atoms with van der Waals surface area (Å²) in [4.78, 5) is 59.0.